The fourth-order valence-corrected chi connectivity index (χ4v) is 8.69. The summed E-state index contributed by atoms with van der Waals surface area (Å²) in [5.74, 6) is -27.0. The average Bonchev–Trinajstić information content (AvgIpc) is 3.74. The topological polar surface area (TPSA) is 224 Å². The Balaban J connectivity index is 1.49. The Morgan fingerprint density at radius 1 is 0.292 bits per heavy atom. The lowest BCUT2D eigenvalue weighted by Crippen LogP contribution is -2.46. The van der Waals surface area contributed by atoms with Gasteiger partial charge in [-0.1, -0.05) is 0 Å². The van der Waals surface area contributed by atoms with Crippen LogP contribution in [0.25, 0.3) is 0 Å². The Kier molecular flexibility index (Phi) is 7.29. The minimum Gasteiger partial charge on any atom is -0.285 e. The van der Waals surface area contributed by atoms with Gasteiger partial charge in [0.05, 0.1) is 59.2 Å². The molecule has 18 nitrogen and oxygen atoms in total. The van der Waals surface area contributed by atoms with Crippen molar-refractivity contribution >= 4 is 70.9 Å². The molecule has 254 valence electrons. The van der Waals surface area contributed by atoms with Crippen LogP contribution < -0.4 is 0 Å². The van der Waals surface area contributed by atoms with E-state index < -0.39 is 143 Å². The molecule has 0 aliphatic carbocycles. The number of hydrogen-bond acceptors (Lipinski definition) is 12. The fourth-order valence-electron chi connectivity index (χ4n) is 8.69. The Morgan fingerprint density at radius 2 is 0.479 bits per heavy atom. The molecule has 6 saturated heterocycles. The summed E-state index contributed by atoms with van der Waals surface area (Å²) in [6.07, 6.45) is -0.916. The van der Waals surface area contributed by atoms with Crippen LogP contribution in [0.2, 0.25) is 0 Å². The van der Waals surface area contributed by atoms with Crippen LogP contribution in [0.1, 0.15) is 12.8 Å². The predicted molar refractivity (Wildman–Crippen MR) is 151 cm³/mol. The number of rotatable bonds is 5. The molecule has 0 saturated carbocycles. The van der Waals surface area contributed by atoms with Crippen LogP contribution in [0.4, 0.5) is 0 Å². The molecule has 0 aromatic carbocycles. The zero-order chi connectivity index (χ0) is 35.6. The Hall–Kier alpha value is -5.16. The molecule has 0 bridgehead atoms. The van der Waals surface area contributed by atoms with Crippen molar-refractivity contribution in [1.29, 1.82) is 0 Å². The second-order valence-corrected chi connectivity index (χ2v) is 13.4. The van der Waals surface area contributed by atoms with E-state index in [0.717, 1.165) is 38.0 Å². The van der Waals surface area contributed by atoms with Gasteiger partial charge in [-0.05, 0) is 0 Å². The molecular formula is C30H32N6O12. The summed E-state index contributed by atoms with van der Waals surface area (Å²) in [6.45, 7) is 0. The van der Waals surface area contributed by atoms with Crippen LogP contribution >= 0.6 is 0 Å². The van der Waals surface area contributed by atoms with Gasteiger partial charge in [0.2, 0.25) is 70.9 Å². The quantitative estimate of drug-likeness (QED) is 0.255. The highest BCUT2D eigenvalue weighted by Crippen LogP contribution is 2.53. The van der Waals surface area contributed by atoms with Crippen molar-refractivity contribution in [2.24, 2.45) is 59.2 Å². The van der Waals surface area contributed by atoms with Gasteiger partial charge in [-0.2, -0.15) is 0 Å². The predicted octanol–water partition coefficient (Wildman–Crippen LogP) is -4.08. The normalized spacial score (nSPS) is 37.9. The van der Waals surface area contributed by atoms with Crippen LogP contribution in [-0.2, 0) is 57.5 Å². The van der Waals surface area contributed by atoms with Gasteiger partial charge in [0, 0.05) is 55.1 Å². The number of carbonyl (C=O) groups is 12. The Labute approximate surface area is 272 Å². The molecular weight excluding hydrogens is 636 g/mol. The second kappa shape index (κ2) is 10.7. The van der Waals surface area contributed by atoms with Gasteiger partial charge in [-0.3, -0.25) is 86.9 Å². The lowest BCUT2D eigenvalue weighted by Gasteiger charge is -2.32. The molecule has 0 N–H and O–H groups in total. The first-order chi connectivity index (χ1) is 22.4. The van der Waals surface area contributed by atoms with Crippen molar-refractivity contribution in [3.05, 3.63) is 0 Å². The van der Waals surface area contributed by atoms with E-state index in [1.54, 1.807) is 0 Å². The van der Waals surface area contributed by atoms with Crippen molar-refractivity contribution in [2.45, 2.75) is 12.8 Å². The Bertz CT molecular complexity index is 1580. The minimum absolute atomic E-state index is 0.458. The first-order valence-electron chi connectivity index (χ1n) is 15.2. The highest BCUT2D eigenvalue weighted by molar-refractivity contribution is 6.18. The molecule has 12 amide bonds. The molecule has 6 heterocycles. The highest BCUT2D eigenvalue weighted by Gasteiger charge is 2.70. The molecule has 6 rings (SSSR count). The second-order valence-electron chi connectivity index (χ2n) is 13.4. The molecule has 6 aliphatic heterocycles. The summed E-state index contributed by atoms with van der Waals surface area (Å²) in [5.41, 5.74) is 0. The Morgan fingerprint density at radius 3 is 0.667 bits per heavy atom. The summed E-state index contributed by atoms with van der Waals surface area (Å²) in [5, 5.41) is 0. The van der Waals surface area contributed by atoms with E-state index in [9.17, 15) is 57.5 Å². The lowest BCUT2D eigenvalue weighted by atomic mass is 9.63. The van der Waals surface area contributed by atoms with Crippen LogP contribution in [0.15, 0.2) is 0 Å². The van der Waals surface area contributed by atoms with Crippen LogP contribution in [-0.4, -0.2) is 143 Å². The van der Waals surface area contributed by atoms with Crippen molar-refractivity contribution in [3.63, 3.8) is 0 Å². The molecule has 10 atom stereocenters. The van der Waals surface area contributed by atoms with Crippen LogP contribution in [0, 0.1) is 59.2 Å². The molecule has 0 aromatic heterocycles. The van der Waals surface area contributed by atoms with E-state index >= 15 is 0 Å². The SMILES string of the molecule is CN1C(=O)CC(C2C(=O)N(C)C(=O)C2C2C(=O)N(C)C(=O)C2C2C(=O)N(C)C(=O)C2C2C(=O)N(C)C(=O)C2C2CC(=O)N(C)C2=O)C1=O. The zero-order valence-corrected chi connectivity index (χ0v) is 26.8. The molecule has 18 heteroatoms. The van der Waals surface area contributed by atoms with Crippen LogP contribution in [0.3, 0.4) is 0 Å². The molecule has 6 aliphatic rings. The maximum Gasteiger partial charge on any atom is 0.233 e. The number of hydrogen-bond donors (Lipinski definition) is 0. The van der Waals surface area contributed by atoms with E-state index in [-0.39, 0.29) is 0 Å². The number of likely N-dealkylation sites (tertiary alicyclic amines) is 6. The summed E-state index contributed by atoms with van der Waals surface area (Å²) in [6, 6.07) is 0. The monoisotopic (exact) mass is 668 g/mol. The van der Waals surface area contributed by atoms with E-state index in [0.29, 0.717) is 19.6 Å². The first-order valence-corrected chi connectivity index (χ1v) is 15.2. The van der Waals surface area contributed by atoms with Gasteiger partial charge in [-0.25, -0.2) is 0 Å². The van der Waals surface area contributed by atoms with Crippen molar-refractivity contribution in [1.82, 2.24) is 29.4 Å². The zero-order valence-electron chi connectivity index (χ0n) is 26.8. The van der Waals surface area contributed by atoms with E-state index in [4.69, 9.17) is 0 Å². The first kappa shape index (κ1) is 32.8. The van der Waals surface area contributed by atoms with E-state index in [1.807, 2.05) is 0 Å². The fraction of sp³-hybridized carbons (Fsp3) is 0.600. The lowest BCUT2D eigenvalue weighted by molar-refractivity contribution is -0.144. The van der Waals surface area contributed by atoms with E-state index in [2.05, 4.69) is 0 Å². The van der Waals surface area contributed by atoms with Crippen LogP contribution in [0.5, 0.6) is 0 Å². The summed E-state index contributed by atoms with van der Waals surface area (Å²) < 4.78 is 0. The summed E-state index contributed by atoms with van der Waals surface area (Å²) in [7, 11) is 6.78. The molecule has 6 fully saturated rings. The van der Waals surface area contributed by atoms with Crippen molar-refractivity contribution in [2.75, 3.05) is 42.3 Å². The highest BCUT2D eigenvalue weighted by atomic mass is 16.2. The largest absolute Gasteiger partial charge is 0.285 e. The van der Waals surface area contributed by atoms with Gasteiger partial charge in [0.15, 0.2) is 0 Å². The maximum absolute atomic E-state index is 14.0. The molecule has 0 spiro atoms. The smallest absolute Gasteiger partial charge is 0.233 e. The van der Waals surface area contributed by atoms with Gasteiger partial charge in [0.25, 0.3) is 0 Å². The van der Waals surface area contributed by atoms with Crippen molar-refractivity contribution in [3.8, 4) is 0 Å². The number of nitrogens with zero attached hydrogens (tertiary/aromatic N) is 6. The number of imide groups is 6. The number of amides is 12. The third kappa shape index (κ3) is 4.03. The van der Waals surface area contributed by atoms with Gasteiger partial charge in [-0.15, -0.1) is 0 Å². The van der Waals surface area contributed by atoms with Gasteiger partial charge in [0.1, 0.15) is 0 Å². The molecule has 0 aromatic rings. The third-order valence-corrected chi connectivity index (χ3v) is 11.3. The summed E-state index contributed by atoms with van der Waals surface area (Å²) >= 11 is 0. The molecule has 48 heavy (non-hydrogen) atoms. The standard InChI is InChI=1S/C30H32N6O12/c1-31-11(37)7-9(21(31)39)13-15(25(43)33(3)23(13)41)17-19(29(47)35(5)27(17)45)20-18(28(46)36(6)30(20)48)16-14(24(42)34(4)26(16)44)10-8-12(38)32(2)22(10)40/h9-10,13-20H,7-8H2,1-6H3. The van der Waals surface area contributed by atoms with E-state index in [1.165, 1.54) is 14.1 Å². The maximum atomic E-state index is 14.0. The molecule has 10 unspecified atom stereocenters. The van der Waals surface area contributed by atoms with Crippen molar-refractivity contribution < 1.29 is 57.5 Å². The third-order valence-electron chi connectivity index (χ3n) is 11.3. The number of carbonyl (C=O) groups excluding carboxylic acids is 12. The van der Waals surface area contributed by atoms with Gasteiger partial charge < -0.3 is 0 Å². The average molecular weight is 669 g/mol. The minimum atomic E-state index is -1.83. The van der Waals surface area contributed by atoms with Gasteiger partial charge >= 0.3 is 0 Å². The molecule has 0 radical (unpaired) electrons. The summed E-state index contributed by atoms with van der Waals surface area (Å²) in [4.78, 5) is 165.